The van der Waals surface area contributed by atoms with Crippen LogP contribution in [0.15, 0.2) is 24.3 Å². The zero-order valence-corrected chi connectivity index (χ0v) is 11.6. The highest BCUT2D eigenvalue weighted by atomic mass is 35.5. The maximum absolute atomic E-state index is 6.15. The molecule has 5 heteroatoms. The van der Waals surface area contributed by atoms with Crippen molar-refractivity contribution in [3.63, 3.8) is 0 Å². The predicted octanol–water partition coefficient (Wildman–Crippen LogP) is 4.98. The molecule has 92 valence electrons. The van der Waals surface area contributed by atoms with Gasteiger partial charge in [-0.1, -0.05) is 34.8 Å². The molecule has 2 aromatic rings. The molecule has 0 saturated heterocycles. The highest BCUT2D eigenvalue weighted by Crippen LogP contribution is 2.40. The molecule has 0 radical (unpaired) electrons. The Kier molecular flexibility index (Phi) is 3.18. The Labute approximate surface area is 120 Å². The van der Waals surface area contributed by atoms with E-state index in [2.05, 4.69) is 9.97 Å². The lowest BCUT2D eigenvalue weighted by Crippen LogP contribution is -1.95. The number of rotatable bonds is 2. The quantitative estimate of drug-likeness (QED) is 0.731. The Balaban J connectivity index is 2.12. The average molecular weight is 300 g/mol. The van der Waals surface area contributed by atoms with Crippen LogP contribution in [0.5, 0.6) is 0 Å². The highest BCUT2D eigenvalue weighted by molar-refractivity contribution is 6.35. The molecule has 2 nitrogen and oxygen atoms in total. The lowest BCUT2D eigenvalue weighted by molar-refractivity contribution is 0.994. The molecule has 0 aliphatic heterocycles. The predicted molar refractivity (Wildman–Crippen MR) is 74.5 cm³/mol. The summed E-state index contributed by atoms with van der Waals surface area (Å²) in [5.41, 5.74) is 1.70. The molecular formula is C13H9Cl3N2. The maximum Gasteiger partial charge on any atom is 0.162 e. The lowest BCUT2D eigenvalue weighted by Gasteiger charge is -2.06. The van der Waals surface area contributed by atoms with Crippen molar-refractivity contribution < 1.29 is 0 Å². The molecule has 0 atom stereocenters. The van der Waals surface area contributed by atoms with E-state index >= 15 is 0 Å². The molecule has 1 aromatic carbocycles. The van der Waals surface area contributed by atoms with Gasteiger partial charge in [-0.2, -0.15) is 0 Å². The molecule has 1 saturated carbocycles. The number of aromatic nitrogens is 2. The molecule has 0 spiro atoms. The topological polar surface area (TPSA) is 25.8 Å². The van der Waals surface area contributed by atoms with Crippen LogP contribution < -0.4 is 0 Å². The number of halogens is 3. The van der Waals surface area contributed by atoms with Crippen LogP contribution in [0.3, 0.4) is 0 Å². The van der Waals surface area contributed by atoms with Crippen molar-refractivity contribution in [2.24, 2.45) is 0 Å². The van der Waals surface area contributed by atoms with Gasteiger partial charge in [-0.15, -0.1) is 0 Å². The van der Waals surface area contributed by atoms with Crippen molar-refractivity contribution in [2.45, 2.75) is 18.8 Å². The van der Waals surface area contributed by atoms with Gasteiger partial charge in [0.1, 0.15) is 5.15 Å². The van der Waals surface area contributed by atoms with Crippen molar-refractivity contribution in [1.82, 2.24) is 9.97 Å². The van der Waals surface area contributed by atoms with Crippen LogP contribution in [-0.4, -0.2) is 9.97 Å². The Morgan fingerprint density at radius 1 is 1.00 bits per heavy atom. The summed E-state index contributed by atoms with van der Waals surface area (Å²) in [6.07, 6.45) is 2.33. The molecular weight excluding hydrogens is 291 g/mol. The smallest absolute Gasteiger partial charge is 0.162 e. The number of nitrogens with zero attached hydrogens (tertiary/aromatic N) is 2. The van der Waals surface area contributed by atoms with E-state index < -0.39 is 0 Å². The van der Waals surface area contributed by atoms with Gasteiger partial charge in [-0.05, 0) is 37.1 Å². The fourth-order valence-corrected chi connectivity index (χ4v) is 2.38. The van der Waals surface area contributed by atoms with E-state index in [9.17, 15) is 0 Å². The van der Waals surface area contributed by atoms with Crippen molar-refractivity contribution in [3.8, 4) is 11.4 Å². The summed E-state index contributed by atoms with van der Waals surface area (Å²) in [5.74, 6) is 1.05. The molecule has 1 aliphatic rings. The van der Waals surface area contributed by atoms with Crippen LogP contribution in [0.1, 0.15) is 24.5 Å². The molecule has 1 aliphatic carbocycles. The Morgan fingerprint density at radius 3 is 2.50 bits per heavy atom. The highest BCUT2D eigenvalue weighted by Gasteiger charge is 2.26. The third-order valence-corrected chi connectivity index (χ3v) is 3.64. The van der Waals surface area contributed by atoms with Gasteiger partial charge in [0, 0.05) is 22.2 Å². The molecule has 1 aromatic heterocycles. The summed E-state index contributed by atoms with van der Waals surface area (Å²) in [5, 5.41) is 1.62. The standard InChI is InChI=1S/C13H9Cl3N2/c14-8-3-4-10(15)9(5-8)13-17-11(7-1-2-7)6-12(16)18-13/h3-7H,1-2H2. The molecule has 0 N–H and O–H groups in total. The molecule has 0 bridgehead atoms. The summed E-state index contributed by atoms with van der Waals surface area (Å²) in [7, 11) is 0. The Bertz CT molecular complexity index is 609. The SMILES string of the molecule is Clc1ccc(Cl)c(-c2nc(Cl)cc(C3CC3)n2)c1. The van der Waals surface area contributed by atoms with Crippen LogP contribution in [0.2, 0.25) is 15.2 Å². The van der Waals surface area contributed by atoms with E-state index in [0.717, 1.165) is 18.5 Å². The third-order valence-electron chi connectivity index (χ3n) is 2.88. The van der Waals surface area contributed by atoms with Gasteiger partial charge in [-0.3, -0.25) is 0 Å². The molecule has 1 heterocycles. The second kappa shape index (κ2) is 4.69. The fourth-order valence-electron chi connectivity index (χ4n) is 1.81. The molecule has 1 fully saturated rings. The molecule has 0 amide bonds. The minimum Gasteiger partial charge on any atom is -0.233 e. The first-order chi connectivity index (χ1) is 8.63. The molecule has 18 heavy (non-hydrogen) atoms. The van der Waals surface area contributed by atoms with E-state index in [1.807, 2.05) is 6.07 Å². The van der Waals surface area contributed by atoms with Crippen molar-refractivity contribution in [1.29, 1.82) is 0 Å². The lowest BCUT2D eigenvalue weighted by atomic mass is 10.2. The normalized spacial score (nSPS) is 14.8. The van der Waals surface area contributed by atoms with Gasteiger partial charge in [0.2, 0.25) is 0 Å². The summed E-state index contributed by atoms with van der Waals surface area (Å²) < 4.78 is 0. The van der Waals surface area contributed by atoms with Gasteiger partial charge < -0.3 is 0 Å². The second-order valence-corrected chi connectivity index (χ2v) is 5.57. The summed E-state index contributed by atoms with van der Waals surface area (Å²) in [6, 6.07) is 7.05. The minimum absolute atomic E-state index is 0.443. The molecule has 0 unspecified atom stereocenters. The third kappa shape index (κ3) is 2.46. The number of benzene rings is 1. The zero-order chi connectivity index (χ0) is 12.7. The minimum atomic E-state index is 0.443. The second-order valence-electron chi connectivity index (χ2n) is 4.34. The van der Waals surface area contributed by atoms with Crippen molar-refractivity contribution >= 4 is 34.8 Å². The fraction of sp³-hybridized carbons (Fsp3) is 0.231. The average Bonchev–Trinajstić information content (AvgIpc) is 3.15. The first-order valence-corrected chi connectivity index (χ1v) is 6.77. The van der Waals surface area contributed by atoms with E-state index in [1.165, 1.54) is 0 Å². The Morgan fingerprint density at radius 2 is 1.78 bits per heavy atom. The maximum atomic E-state index is 6.15. The van der Waals surface area contributed by atoms with E-state index in [0.29, 0.717) is 32.5 Å². The van der Waals surface area contributed by atoms with Crippen LogP contribution >= 0.6 is 34.8 Å². The Hall–Kier alpha value is -0.830. The first kappa shape index (κ1) is 12.2. The van der Waals surface area contributed by atoms with Gasteiger partial charge in [-0.25, -0.2) is 9.97 Å². The van der Waals surface area contributed by atoms with E-state index in [4.69, 9.17) is 34.8 Å². The van der Waals surface area contributed by atoms with E-state index in [-0.39, 0.29) is 0 Å². The van der Waals surface area contributed by atoms with Crippen LogP contribution in [0.4, 0.5) is 0 Å². The van der Waals surface area contributed by atoms with Crippen molar-refractivity contribution in [3.05, 3.63) is 45.2 Å². The summed E-state index contributed by atoms with van der Waals surface area (Å²) >= 11 is 18.2. The van der Waals surface area contributed by atoms with E-state index in [1.54, 1.807) is 18.2 Å². The van der Waals surface area contributed by atoms with Gasteiger partial charge in [0.25, 0.3) is 0 Å². The summed E-state index contributed by atoms with van der Waals surface area (Å²) in [4.78, 5) is 8.76. The van der Waals surface area contributed by atoms with Crippen LogP contribution in [-0.2, 0) is 0 Å². The largest absolute Gasteiger partial charge is 0.233 e. The van der Waals surface area contributed by atoms with Crippen molar-refractivity contribution in [2.75, 3.05) is 0 Å². The zero-order valence-electron chi connectivity index (χ0n) is 9.33. The monoisotopic (exact) mass is 298 g/mol. The van der Waals surface area contributed by atoms with Crippen LogP contribution in [0, 0.1) is 0 Å². The first-order valence-electron chi connectivity index (χ1n) is 5.63. The van der Waals surface area contributed by atoms with Gasteiger partial charge in [0.15, 0.2) is 5.82 Å². The van der Waals surface area contributed by atoms with Gasteiger partial charge in [0.05, 0.1) is 5.02 Å². The summed E-state index contributed by atoms with van der Waals surface area (Å²) in [6.45, 7) is 0. The molecule has 3 rings (SSSR count). The van der Waals surface area contributed by atoms with Gasteiger partial charge >= 0.3 is 0 Å². The number of hydrogen-bond donors (Lipinski definition) is 0. The number of hydrogen-bond acceptors (Lipinski definition) is 2. The van der Waals surface area contributed by atoms with Crippen LogP contribution in [0.25, 0.3) is 11.4 Å².